The number of nitrogens with one attached hydrogen (secondary N) is 1. The number of nitrogens with zero attached hydrogens (tertiary/aromatic N) is 3. The zero-order valence-corrected chi connectivity index (χ0v) is 27.4. The number of benzene rings is 1. The first kappa shape index (κ1) is 33.0. The van der Waals surface area contributed by atoms with E-state index in [0.717, 1.165) is 6.54 Å². The number of primary amides is 1. The predicted molar refractivity (Wildman–Crippen MR) is 173 cm³/mol. The van der Waals surface area contributed by atoms with Gasteiger partial charge in [-0.15, -0.1) is 0 Å². The zero-order valence-electron chi connectivity index (χ0n) is 27.4. The molecule has 1 saturated carbocycles. The molecule has 1 aliphatic heterocycles. The number of phenols is 1. The molecule has 2 amide bonds. The minimum absolute atomic E-state index is 0.00306. The number of carbonyl (C=O) groups is 4. The monoisotopic (exact) mass is 651 g/mol. The summed E-state index contributed by atoms with van der Waals surface area (Å²) in [5.74, 6) is -7.03. The fraction of sp³-hybridized carbons (Fsp3) is 0.588. The van der Waals surface area contributed by atoms with E-state index >= 15 is 0 Å². The number of hydrogen-bond donors (Lipinski definition) is 6. The number of Topliss-reactive ketones (excluding diaryl/α,β-unsaturated/α-hetero) is 2. The van der Waals surface area contributed by atoms with Gasteiger partial charge in [-0.2, -0.15) is 0 Å². The summed E-state index contributed by atoms with van der Waals surface area (Å²) in [6.45, 7) is 2.22. The molecular formula is C34H45N5O8. The molecule has 13 heteroatoms. The number of ketones is 2. The van der Waals surface area contributed by atoms with Gasteiger partial charge in [-0.3, -0.25) is 24.1 Å². The first-order chi connectivity index (χ1) is 22.2. The van der Waals surface area contributed by atoms with E-state index in [1.807, 2.05) is 0 Å². The van der Waals surface area contributed by atoms with Crippen molar-refractivity contribution in [3.8, 4) is 5.75 Å². The van der Waals surface area contributed by atoms with Crippen LogP contribution in [0, 0.1) is 23.7 Å². The second-order valence-corrected chi connectivity index (χ2v) is 14.4. The smallest absolute Gasteiger partial charge is 0.255 e. The molecule has 0 aromatic heterocycles. The molecule has 5 aliphatic rings. The number of fused-ring (bicyclic) bond motifs is 3. The van der Waals surface area contributed by atoms with Crippen LogP contribution in [0.2, 0.25) is 0 Å². The number of allylic oxidation sites excluding steroid dienone is 1. The predicted octanol–water partition coefficient (Wildman–Crippen LogP) is 1.64. The van der Waals surface area contributed by atoms with Gasteiger partial charge < -0.3 is 41.3 Å². The van der Waals surface area contributed by atoms with Crippen molar-refractivity contribution in [2.75, 3.05) is 58.0 Å². The fourth-order valence-electron chi connectivity index (χ4n) is 8.65. The first-order valence-electron chi connectivity index (χ1n) is 16.4. The van der Waals surface area contributed by atoms with Crippen molar-refractivity contribution in [2.45, 2.75) is 56.6 Å². The topological polar surface area (TPSA) is 197 Å². The Bertz CT molecular complexity index is 1600. The maximum absolute atomic E-state index is 14.2. The second-order valence-electron chi connectivity index (χ2n) is 14.4. The SMILES string of the molecule is CN(C)c1cc(NC(=O)C2CN(CC3CCCCC3)C2)c(O)c2c1C[C@H]1CC3[C@H](N(C)C)C(O)=C(C(N)=O)C(=O)[C@@]3(O)C(O)=C1C2=O. The lowest BCUT2D eigenvalue weighted by molar-refractivity contribution is -0.148. The number of aliphatic hydroxyl groups excluding tert-OH is 2. The van der Waals surface area contributed by atoms with E-state index < -0.39 is 63.8 Å². The van der Waals surface area contributed by atoms with E-state index in [9.17, 15) is 39.6 Å². The number of aliphatic hydroxyl groups is 3. The number of anilines is 2. The van der Waals surface area contributed by atoms with Crippen LogP contribution >= 0.6 is 0 Å². The zero-order chi connectivity index (χ0) is 34.1. The standard InChI is InChI=1S/C34H45N5O8/c1-37(2)22-12-21(36-33(46)18-14-39(15-18)13-16-8-6-5-7-9-16)27(40)24-19(22)10-17-11-20-26(38(3)4)29(42)25(32(35)45)31(44)34(20,47)30(43)23(17)28(24)41/h12,16-18,20,26,40,42-43,47H,5-11,13-15H2,1-4H3,(H2,35,45)(H,36,46)/t17-,20?,26-,34-/m0/s1. The van der Waals surface area contributed by atoms with E-state index in [1.54, 1.807) is 39.2 Å². The third kappa shape index (κ3) is 5.19. The summed E-state index contributed by atoms with van der Waals surface area (Å²) in [5, 5.41) is 48.7. The average Bonchev–Trinajstić information content (AvgIpc) is 2.97. The van der Waals surface area contributed by atoms with Crippen molar-refractivity contribution in [2.24, 2.45) is 29.4 Å². The number of rotatable bonds is 7. The van der Waals surface area contributed by atoms with Crippen LogP contribution in [0.25, 0.3) is 0 Å². The number of aromatic hydroxyl groups is 1. The van der Waals surface area contributed by atoms with Crippen molar-refractivity contribution < 1.29 is 39.6 Å². The van der Waals surface area contributed by atoms with Gasteiger partial charge in [0.1, 0.15) is 17.1 Å². The normalized spacial score (nSPS) is 28.5. The maximum atomic E-state index is 14.2. The maximum Gasteiger partial charge on any atom is 0.255 e. The highest BCUT2D eigenvalue weighted by Gasteiger charge is 2.63. The molecule has 7 N–H and O–H groups in total. The number of nitrogens with two attached hydrogens (primary N) is 1. The van der Waals surface area contributed by atoms with Gasteiger partial charge in [-0.25, -0.2) is 0 Å². The van der Waals surface area contributed by atoms with Crippen molar-refractivity contribution in [3.05, 3.63) is 39.9 Å². The molecule has 2 fully saturated rings. The molecule has 0 spiro atoms. The largest absolute Gasteiger partial charge is 0.510 e. The van der Waals surface area contributed by atoms with Crippen LogP contribution in [0.15, 0.2) is 28.7 Å². The molecule has 1 heterocycles. The van der Waals surface area contributed by atoms with Gasteiger partial charge in [-0.1, -0.05) is 19.3 Å². The molecule has 6 rings (SSSR count). The lowest BCUT2D eigenvalue weighted by Crippen LogP contribution is -2.63. The number of likely N-dealkylation sites (N-methyl/N-ethyl adjacent to an activating group) is 1. The molecule has 1 aromatic rings. The van der Waals surface area contributed by atoms with Crippen LogP contribution in [0.1, 0.15) is 54.4 Å². The number of hydrogen-bond acceptors (Lipinski definition) is 11. The van der Waals surface area contributed by atoms with Gasteiger partial charge in [-0.05, 0) is 63.2 Å². The molecule has 254 valence electrons. The molecule has 1 unspecified atom stereocenters. The molecule has 4 aliphatic carbocycles. The van der Waals surface area contributed by atoms with Gasteiger partial charge in [0.2, 0.25) is 11.7 Å². The summed E-state index contributed by atoms with van der Waals surface area (Å²) in [6, 6.07) is 0.566. The van der Waals surface area contributed by atoms with Crippen LogP contribution in [-0.4, -0.2) is 113 Å². The van der Waals surface area contributed by atoms with E-state index in [1.165, 1.54) is 37.0 Å². The second kappa shape index (κ2) is 11.9. The third-order valence-corrected chi connectivity index (χ3v) is 11.0. The van der Waals surface area contributed by atoms with Crippen LogP contribution in [0.5, 0.6) is 5.75 Å². The first-order valence-corrected chi connectivity index (χ1v) is 16.4. The van der Waals surface area contributed by atoms with Crippen molar-refractivity contribution in [1.29, 1.82) is 0 Å². The number of amides is 2. The summed E-state index contributed by atoms with van der Waals surface area (Å²) >= 11 is 0. The van der Waals surface area contributed by atoms with Gasteiger partial charge in [0, 0.05) is 50.9 Å². The Balaban J connectivity index is 1.33. The summed E-state index contributed by atoms with van der Waals surface area (Å²) < 4.78 is 0. The molecule has 13 nitrogen and oxygen atoms in total. The Morgan fingerprint density at radius 1 is 1.06 bits per heavy atom. The lowest BCUT2D eigenvalue weighted by atomic mass is 9.58. The molecule has 1 saturated heterocycles. The van der Waals surface area contributed by atoms with Gasteiger partial charge in [0.15, 0.2) is 17.1 Å². The molecule has 4 atom stereocenters. The van der Waals surface area contributed by atoms with Crippen LogP contribution in [0.3, 0.4) is 0 Å². The third-order valence-electron chi connectivity index (χ3n) is 11.0. The minimum Gasteiger partial charge on any atom is -0.510 e. The molecule has 1 aromatic carbocycles. The van der Waals surface area contributed by atoms with Crippen molar-refractivity contribution in [1.82, 2.24) is 9.80 Å². The molecule has 47 heavy (non-hydrogen) atoms. The summed E-state index contributed by atoms with van der Waals surface area (Å²) in [4.78, 5) is 58.9. The lowest BCUT2D eigenvalue weighted by Gasteiger charge is -2.50. The van der Waals surface area contributed by atoms with Gasteiger partial charge in [0.05, 0.1) is 23.2 Å². The summed E-state index contributed by atoms with van der Waals surface area (Å²) in [7, 11) is 6.72. The Kier molecular flexibility index (Phi) is 8.38. The molecule has 0 radical (unpaired) electrons. The summed E-state index contributed by atoms with van der Waals surface area (Å²) in [6.07, 6.45) is 6.39. The van der Waals surface area contributed by atoms with Crippen molar-refractivity contribution >= 4 is 34.8 Å². The Labute approximate surface area is 273 Å². The number of carbonyl (C=O) groups excluding carboxylic acids is 4. The average molecular weight is 652 g/mol. The van der Waals surface area contributed by atoms with Gasteiger partial charge >= 0.3 is 0 Å². The van der Waals surface area contributed by atoms with E-state index in [4.69, 9.17) is 5.73 Å². The molecular weight excluding hydrogens is 606 g/mol. The van der Waals surface area contributed by atoms with Crippen molar-refractivity contribution in [3.63, 3.8) is 0 Å². The number of likely N-dealkylation sites (tertiary alicyclic amines) is 1. The van der Waals surface area contributed by atoms with Crippen LogP contribution in [-0.2, 0) is 20.8 Å². The molecule has 0 bridgehead atoms. The Hall–Kier alpha value is -3.94. The van der Waals surface area contributed by atoms with E-state index in [0.29, 0.717) is 30.3 Å². The van der Waals surface area contributed by atoms with E-state index in [-0.39, 0.29) is 41.5 Å². The van der Waals surface area contributed by atoms with Gasteiger partial charge in [0.25, 0.3) is 5.91 Å². The van der Waals surface area contributed by atoms with E-state index in [2.05, 4.69) is 10.2 Å². The number of phenolic OH excluding ortho intramolecular Hbond substituents is 1. The van der Waals surface area contributed by atoms with Crippen LogP contribution < -0.4 is 16.0 Å². The highest BCUT2D eigenvalue weighted by molar-refractivity contribution is 6.25. The Morgan fingerprint density at radius 2 is 1.72 bits per heavy atom. The minimum atomic E-state index is -2.72. The summed E-state index contributed by atoms with van der Waals surface area (Å²) in [5.41, 5.74) is 2.58. The van der Waals surface area contributed by atoms with Crippen LogP contribution in [0.4, 0.5) is 11.4 Å². The quantitative estimate of drug-likeness (QED) is 0.185. The fourth-order valence-corrected chi connectivity index (χ4v) is 8.65. The Morgan fingerprint density at radius 3 is 2.32 bits per heavy atom. The highest BCUT2D eigenvalue weighted by atomic mass is 16.3. The highest BCUT2D eigenvalue weighted by Crippen LogP contribution is 2.54.